The molecule has 1 saturated heterocycles. The maximum absolute atomic E-state index is 14.1. The monoisotopic (exact) mass is 566 g/mol. The molecule has 0 radical (unpaired) electrons. The minimum atomic E-state index is -0.426. The Balaban J connectivity index is 1.93. The van der Waals surface area contributed by atoms with Gasteiger partial charge in [-0.3, -0.25) is 5.01 Å². The van der Waals surface area contributed by atoms with Gasteiger partial charge in [-0.2, -0.15) is 5.10 Å². The van der Waals surface area contributed by atoms with E-state index in [1.54, 1.807) is 14.2 Å². The van der Waals surface area contributed by atoms with E-state index in [2.05, 4.69) is 41.5 Å². The van der Waals surface area contributed by atoms with E-state index in [1.165, 1.54) is 0 Å². The van der Waals surface area contributed by atoms with Crippen molar-refractivity contribution in [1.29, 1.82) is 0 Å². The lowest BCUT2D eigenvalue weighted by Crippen LogP contribution is -2.35. The number of nitrogens with zero attached hydrogens (tertiary/aromatic N) is 2. The summed E-state index contributed by atoms with van der Waals surface area (Å²) in [7, 11) is 3.37. The number of ether oxygens (including phenoxy) is 4. The molecule has 2 atom stereocenters. The van der Waals surface area contributed by atoms with E-state index in [1.807, 2.05) is 54.4 Å². The molecule has 1 aliphatic heterocycles. The summed E-state index contributed by atoms with van der Waals surface area (Å²) >= 11 is 0. The summed E-state index contributed by atoms with van der Waals surface area (Å²) in [5.74, 6) is 0.740. The predicted octanol–water partition coefficient (Wildman–Crippen LogP) is 6.91. The van der Waals surface area contributed by atoms with E-state index in [9.17, 15) is 4.79 Å². The Hall–Kier alpha value is -2.90. The zero-order chi connectivity index (χ0) is 30.2. The summed E-state index contributed by atoms with van der Waals surface area (Å²) in [6.07, 6.45) is 2.63. The van der Waals surface area contributed by atoms with Crippen molar-refractivity contribution in [3.8, 4) is 11.5 Å². The fourth-order valence-electron chi connectivity index (χ4n) is 5.04. The molecule has 7 nitrogen and oxygen atoms in total. The molecule has 2 aromatic rings. The summed E-state index contributed by atoms with van der Waals surface area (Å²) in [4.78, 5) is 14.1. The van der Waals surface area contributed by atoms with Gasteiger partial charge in [-0.1, -0.05) is 78.8 Å². The van der Waals surface area contributed by atoms with E-state index >= 15 is 0 Å². The quantitative estimate of drug-likeness (QED) is 0.120. The fourth-order valence-corrected chi connectivity index (χ4v) is 5.04. The molecule has 1 fully saturated rings. The van der Waals surface area contributed by atoms with Gasteiger partial charge in [0.1, 0.15) is 17.2 Å². The van der Waals surface area contributed by atoms with E-state index in [0.717, 1.165) is 41.8 Å². The van der Waals surface area contributed by atoms with Gasteiger partial charge >= 0.3 is 5.97 Å². The third kappa shape index (κ3) is 9.04. The summed E-state index contributed by atoms with van der Waals surface area (Å²) in [6, 6.07) is 14.2. The van der Waals surface area contributed by atoms with Crippen molar-refractivity contribution in [2.45, 2.75) is 91.2 Å². The molecular weight excluding hydrogens is 516 g/mol. The minimum absolute atomic E-state index is 0.139. The number of hydrogen-bond acceptors (Lipinski definition) is 7. The van der Waals surface area contributed by atoms with Crippen LogP contribution in [-0.4, -0.2) is 56.7 Å². The van der Waals surface area contributed by atoms with Gasteiger partial charge in [0.15, 0.2) is 0 Å². The zero-order valence-corrected chi connectivity index (χ0v) is 26.6. The number of carbonyl (C=O) groups is 1. The molecule has 7 heteroatoms. The van der Waals surface area contributed by atoms with Crippen LogP contribution in [0.4, 0.5) is 0 Å². The van der Waals surface area contributed by atoms with Crippen LogP contribution in [0.5, 0.6) is 11.5 Å². The van der Waals surface area contributed by atoms with Gasteiger partial charge in [0.25, 0.3) is 0 Å². The predicted molar refractivity (Wildman–Crippen MR) is 165 cm³/mol. The zero-order valence-electron chi connectivity index (χ0n) is 26.6. The molecule has 0 spiro atoms. The smallest absolute Gasteiger partial charge is 0.360 e. The van der Waals surface area contributed by atoms with Crippen molar-refractivity contribution < 1.29 is 23.7 Å². The third-order valence-electron chi connectivity index (χ3n) is 7.53. The van der Waals surface area contributed by atoms with Crippen molar-refractivity contribution in [1.82, 2.24) is 5.01 Å². The Kier molecular flexibility index (Phi) is 11.4. The lowest BCUT2D eigenvalue weighted by molar-refractivity contribution is -0.127. The minimum Gasteiger partial charge on any atom is -0.497 e. The van der Waals surface area contributed by atoms with E-state index < -0.39 is 5.97 Å². The lowest BCUT2D eigenvalue weighted by Gasteiger charge is -2.30. The van der Waals surface area contributed by atoms with E-state index in [-0.39, 0.29) is 22.8 Å². The van der Waals surface area contributed by atoms with Crippen LogP contribution in [0.25, 0.3) is 0 Å². The number of carbonyl (C=O) groups excluding carboxylic acids is 1. The van der Waals surface area contributed by atoms with E-state index in [0.29, 0.717) is 37.7 Å². The molecule has 2 aromatic carbocycles. The molecule has 0 aromatic heterocycles. The molecule has 0 N–H and O–H groups in total. The van der Waals surface area contributed by atoms with Crippen molar-refractivity contribution >= 4 is 11.7 Å². The van der Waals surface area contributed by atoms with Gasteiger partial charge in [-0.25, -0.2) is 4.79 Å². The van der Waals surface area contributed by atoms with Crippen LogP contribution < -0.4 is 9.47 Å². The van der Waals surface area contributed by atoms with Gasteiger partial charge in [0.2, 0.25) is 0 Å². The van der Waals surface area contributed by atoms with Crippen molar-refractivity contribution in [2.24, 2.45) is 11.0 Å². The van der Waals surface area contributed by atoms with E-state index in [4.69, 9.17) is 24.0 Å². The summed E-state index contributed by atoms with van der Waals surface area (Å²) in [5.41, 5.74) is 2.82. The Morgan fingerprint density at radius 3 is 2.22 bits per heavy atom. The highest BCUT2D eigenvalue weighted by Crippen LogP contribution is 2.42. The summed E-state index contributed by atoms with van der Waals surface area (Å²) in [5, 5.41) is 6.95. The summed E-state index contributed by atoms with van der Waals surface area (Å²) < 4.78 is 23.4. The fraction of sp³-hybridized carbons (Fsp3) is 0.588. The number of methoxy groups -OCH3 is 2. The maximum Gasteiger partial charge on any atom is 0.360 e. The second-order valence-electron chi connectivity index (χ2n) is 13.1. The summed E-state index contributed by atoms with van der Waals surface area (Å²) in [6.45, 7) is 17.1. The lowest BCUT2D eigenvalue weighted by atomic mass is 9.79. The molecule has 3 rings (SSSR count). The Morgan fingerprint density at radius 1 is 1.02 bits per heavy atom. The first-order valence-electron chi connectivity index (χ1n) is 14.8. The second-order valence-corrected chi connectivity index (χ2v) is 13.1. The normalized spacial score (nSPS) is 17.0. The van der Waals surface area contributed by atoms with Gasteiger partial charge in [-0.15, -0.1) is 0 Å². The van der Waals surface area contributed by atoms with Crippen molar-refractivity contribution in [3.05, 3.63) is 59.2 Å². The van der Waals surface area contributed by atoms with Crippen LogP contribution in [0.2, 0.25) is 0 Å². The van der Waals surface area contributed by atoms with Crippen LogP contribution in [0, 0.1) is 5.92 Å². The van der Waals surface area contributed by atoms with Gasteiger partial charge in [0, 0.05) is 37.3 Å². The highest BCUT2D eigenvalue weighted by atomic mass is 16.5. The molecule has 0 aliphatic carbocycles. The molecule has 0 unspecified atom stereocenters. The van der Waals surface area contributed by atoms with Crippen LogP contribution in [0.1, 0.15) is 84.4 Å². The van der Waals surface area contributed by atoms with Crippen LogP contribution >= 0.6 is 0 Å². The molecule has 0 bridgehead atoms. The Morgan fingerprint density at radius 2 is 1.66 bits per heavy atom. The molecule has 226 valence electrons. The van der Waals surface area contributed by atoms with Crippen molar-refractivity contribution in [3.63, 3.8) is 0 Å². The number of hydrogen-bond donors (Lipinski definition) is 0. The average molecular weight is 567 g/mol. The molecular formula is C34H50N2O5. The number of rotatable bonds is 12. The number of esters is 1. The van der Waals surface area contributed by atoms with Gasteiger partial charge in [-0.05, 0) is 47.8 Å². The average Bonchev–Trinajstić information content (AvgIpc) is 3.35. The van der Waals surface area contributed by atoms with Gasteiger partial charge in [0.05, 0.1) is 26.4 Å². The SMILES string of the molecule is COC[C@@H]1CCCN1/N=C(/C(=O)Oc1c(C(C)(C)C)cc(OC)cc1C(C)(C)C)[C@@H](C)CCOCc1ccccc1. The highest BCUT2D eigenvalue weighted by Gasteiger charge is 2.33. The van der Waals surface area contributed by atoms with Crippen molar-refractivity contribution in [2.75, 3.05) is 34.0 Å². The second kappa shape index (κ2) is 14.3. The maximum atomic E-state index is 14.1. The number of hydrazone groups is 1. The Labute approximate surface area is 247 Å². The van der Waals surface area contributed by atoms with Gasteiger partial charge < -0.3 is 18.9 Å². The first kappa shape index (κ1) is 32.6. The van der Waals surface area contributed by atoms with Crippen LogP contribution in [0.15, 0.2) is 47.6 Å². The molecule has 1 aliphatic rings. The largest absolute Gasteiger partial charge is 0.497 e. The van der Waals surface area contributed by atoms with Crippen LogP contribution in [0.3, 0.4) is 0 Å². The third-order valence-corrected chi connectivity index (χ3v) is 7.53. The molecule has 41 heavy (non-hydrogen) atoms. The topological polar surface area (TPSA) is 69.6 Å². The Bertz CT molecular complexity index is 1130. The van der Waals surface area contributed by atoms with Crippen LogP contribution in [-0.2, 0) is 31.7 Å². The number of benzene rings is 2. The standard InChI is InChI=1S/C34H50N2O5/c1-24(17-19-40-22-25-14-11-10-12-15-25)30(35-36-18-13-16-26(36)23-38-8)32(37)41-31-28(33(2,3)4)20-27(39-9)21-29(31)34(5,6)7/h10-12,14-15,20-21,24,26H,13,16-19,22-23H2,1-9H3/b35-30+/t24-,26-/m0/s1. The molecule has 1 heterocycles. The molecule has 0 saturated carbocycles. The highest BCUT2D eigenvalue weighted by molar-refractivity contribution is 6.37. The first-order chi connectivity index (χ1) is 19.3. The first-order valence-corrected chi connectivity index (χ1v) is 14.8. The molecule has 0 amide bonds.